The largest absolute Gasteiger partial charge is 0.354 e. The molecule has 1 rings (SSSR count). The summed E-state index contributed by atoms with van der Waals surface area (Å²) in [7, 11) is 0. The van der Waals surface area contributed by atoms with Crippen LogP contribution in [0.2, 0.25) is 0 Å². The van der Waals surface area contributed by atoms with Crippen LogP contribution in [0.4, 0.5) is 0 Å². The fourth-order valence-corrected chi connectivity index (χ4v) is 2.94. The summed E-state index contributed by atoms with van der Waals surface area (Å²) >= 11 is 7.81. The van der Waals surface area contributed by atoms with E-state index in [1.807, 2.05) is 0 Å². The summed E-state index contributed by atoms with van der Waals surface area (Å²) in [5.74, 6) is 0.168. The van der Waals surface area contributed by atoms with Crippen molar-refractivity contribution in [2.45, 2.75) is 32.1 Å². The number of amides is 3. The first-order chi connectivity index (χ1) is 11.1. The van der Waals surface area contributed by atoms with Crippen molar-refractivity contribution in [3.63, 3.8) is 0 Å². The minimum Gasteiger partial charge on any atom is -0.354 e. The van der Waals surface area contributed by atoms with Crippen LogP contribution in [0, 0.1) is 5.92 Å². The van der Waals surface area contributed by atoms with Crippen molar-refractivity contribution < 1.29 is 14.4 Å². The van der Waals surface area contributed by atoms with E-state index in [0.717, 1.165) is 25.7 Å². The smallest absolute Gasteiger partial charge is 0.229 e. The average Bonchev–Trinajstić information content (AvgIpc) is 2.60. The van der Waals surface area contributed by atoms with Gasteiger partial charge in [-0.15, -0.1) is 0 Å². The van der Waals surface area contributed by atoms with E-state index in [4.69, 9.17) is 0 Å². The molecule has 0 saturated heterocycles. The molecule has 0 atom stereocenters. The lowest BCUT2D eigenvalue weighted by Gasteiger charge is -2.29. The lowest BCUT2D eigenvalue weighted by molar-refractivity contribution is -0.137. The number of carbonyl (C=O) groups is 3. The van der Waals surface area contributed by atoms with Gasteiger partial charge in [-0.3, -0.25) is 14.4 Å². The highest BCUT2D eigenvalue weighted by Crippen LogP contribution is 2.25. The molecule has 0 aliphatic heterocycles. The predicted molar refractivity (Wildman–Crippen MR) is 96.9 cm³/mol. The zero-order valence-corrected chi connectivity index (χ0v) is 15.2. The van der Waals surface area contributed by atoms with E-state index in [2.05, 4.69) is 35.9 Å². The number of carbonyl (C=O) groups excluding carboxylic acids is 3. The van der Waals surface area contributed by atoms with Crippen LogP contribution < -0.4 is 10.6 Å². The Morgan fingerprint density at radius 1 is 0.870 bits per heavy atom. The normalized spacial score (nSPS) is 15.0. The van der Waals surface area contributed by atoms with Crippen LogP contribution in [0.3, 0.4) is 0 Å². The molecule has 0 heterocycles. The van der Waals surface area contributed by atoms with Crippen molar-refractivity contribution in [1.82, 2.24) is 15.5 Å². The number of hydrogen-bond donors (Lipinski definition) is 4. The highest BCUT2D eigenvalue weighted by Gasteiger charge is 2.25. The van der Waals surface area contributed by atoms with Gasteiger partial charge in [0.15, 0.2) is 0 Å². The SMILES string of the molecule is O=C(CS)NCCN(CCNC(=O)CS)C(=O)C1CCCCC1. The summed E-state index contributed by atoms with van der Waals surface area (Å²) in [5.41, 5.74) is 0. The van der Waals surface area contributed by atoms with Crippen molar-refractivity contribution in [1.29, 1.82) is 0 Å². The van der Waals surface area contributed by atoms with Gasteiger partial charge in [-0.05, 0) is 12.8 Å². The van der Waals surface area contributed by atoms with E-state index in [0.29, 0.717) is 26.2 Å². The van der Waals surface area contributed by atoms with Crippen molar-refractivity contribution in [3.8, 4) is 0 Å². The van der Waals surface area contributed by atoms with Crippen LogP contribution in [0.5, 0.6) is 0 Å². The molecule has 6 nitrogen and oxygen atoms in total. The Balaban J connectivity index is 2.49. The van der Waals surface area contributed by atoms with Crippen LogP contribution in [-0.2, 0) is 14.4 Å². The zero-order chi connectivity index (χ0) is 17.1. The first-order valence-corrected chi connectivity index (χ1v) is 9.39. The molecule has 132 valence electrons. The van der Waals surface area contributed by atoms with Gasteiger partial charge in [0.2, 0.25) is 17.7 Å². The Morgan fingerprint density at radius 3 is 1.78 bits per heavy atom. The van der Waals surface area contributed by atoms with Gasteiger partial charge in [-0.1, -0.05) is 19.3 Å². The van der Waals surface area contributed by atoms with Gasteiger partial charge in [-0.2, -0.15) is 25.3 Å². The molecule has 3 amide bonds. The fourth-order valence-electron chi connectivity index (χ4n) is 2.71. The van der Waals surface area contributed by atoms with Gasteiger partial charge in [0.05, 0.1) is 11.5 Å². The molecule has 8 heteroatoms. The second-order valence-corrected chi connectivity index (χ2v) is 6.31. The molecule has 1 aliphatic rings. The lowest BCUT2D eigenvalue weighted by Crippen LogP contribution is -2.45. The maximum Gasteiger partial charge on any atom is 0.229 e. The Morgan fingerprint density at radius 2 is 1.35 bits per heavy atom. The minimum absolute atomic E-state index is 0.0740. The molecule has 23 heavy (non-hydrogen) atoms. The van der Waals surface area contributed by atoms with E-state index in [9.17, 15) is 14.4 Å². The van der Waals surface area contributed by atoms with E-state index in [1.165, 1.54) is 6.42 Å². The summed E-state index contributed by atoms with van der Waals surface area (Å²) in [4.78, 5) is 36.9. The predicted octanol–water partition coefficient (Wildman–Crippen LogP) is 0.487. The van der Waals surface area contributed by atoms with Gasteiger partial charge in [0, 0.05) is 32.1 Å². The number of nitrogens with one attached hydrogen (secondary N) is 2. The topological polar surface area (TPSA) is 78.5 Å². The molecule has 0 spiro atoms. The highest BCUT2D eigenvalue weighted by molar-refractivity contribution is 7.81. The third-order valence-electron chi connectivity index (χ3n) is 3.96. The molecular formula is C15H27N3O3S2. The zero-order valence-electron chi connectivity index (χ0n) is 13.4. The number of hydrogen-bond acceptors (Lipinski definition) is 5. The first-order valence-electron chi connectivity index (χ1n) is 8.12. The van der Waals surface area contributed by atoms with Crippen LogP contribution >= 0.6 is 25.3 Å². The highest BCUT2D eigenvalue weighted by atomic mass is 32.1. The van der Waals surface area contributed by atoms with Gasteiger partial charge < -0.3 is 15.5 Å². The van der Waals surface area contributed by atoms with Crippen LogP contribution in [0.25, 0.3) is 0 Å². The Kier molecular flexibility index (Phi) is 10.2. The molecule has 0 unspecified atom stereocenters. The average molecular weight is 362 g/mol. The molecule has 0 radical (unpaired) electrons. The molecule has 1 fully saturated rings. The number of nitrogens with zero attached hydrogens (tertiary/aromatic N) is 1. The molecule has 0 aromatic rings. The van der Waals surface area contributed by atoms with E-state index < -0.39 is 0 Å². The van der Waals surface area contributed by atoms with Crippen molar-refractivity contribution in [3.05, 3.63) is 0 Å². The molecule has 1 saturated carbocycles. The lowest BCUT2D eigenvalue weighted by atomic mass is 9.88. The molecule has 0 aromatic carbocycles. The summed E-state index contributed by atoms with van der Waals surface area (Å²) in [6, 6.07) is 0. The molecule has 1 aliphatic carbocycles. The second-order valence-electron chi connectivity index (χ2n) is 5.68. The Labute approximate surface area is 148 Å². The number of thiol groups is 2. The Bertz CT molecular complexity index is 379. The molecule has 0 bridgehead atoms. The number of rotatable bonds is 9. The monoisotopic (exact) mass is 361 g/mol. The van der Waals surface area contributed by atoms with Crippen LogP contribution in [0.1, 0.15) is 32.1 Å². The summed E-state index contributed by atoms with van der Waals surface area (Å²) in [6.07, 6.45) is 5.25. The van der Waals surface area contributed by atoms with Crippen molar-refractivity contribution in [2.24, 2.45) is 5.92 Å². The van der Waals surface area contributed by atoms with Gasteiger partial charge in [0.25, 0.3) is 0 Å². The van der Waals surface area contributed by atoms with Crippen LogP contribution in [-0.4, -0.2) is 60.3 Å². The standard InChI is InChI=1S/C15H27N3O3S2/c19-13(10-22)16-6-8-18(9-7-17-14(20)11-23)15(21)12-4-2-1-3-5-12/h12,22-23H,1-11H2,(H,16,19)(H,17,20). The van der Waals surface area contributed by atoms with E-state index in [1.54, 1.807) is 4.90 Å². The fraction of sp³-hybridized carbons (Fsp3) is 0.800. The van der Waals surface area contributed by atoms with Crippen molar-refractivity contribution in [2.75, 3.05) is 37.7 Å². The minimum atomic E-state index is -0.151. The summed E-state index contributed by atoms with van der Waals surface area (Å²) < 4.78 is 0. The van der Waals surface area contributed by atoms with E-state index in [-0.39, 0.29) is 35.1 Å². The second kappa shape index (κ2) is 11.6. The third-order valence-corrected chi connectivity index (χ3v) is 4.54. The molecular weight excluding hydrogens is 334 g/mol. The van der Waals surface area contributed by atoms with Gasteiger partial charge >= 0.3 is 0 Å². The van der Waals surface area contributed by atoms with E-state index >= 15 is 0 Å². The summed E-state index contributed by atoms with van der Waals surface area (Å²) in [5, 5.41) is 5.44. The van der Waals surface area contributed by atoms with Crippen molar-refractivity contribution >= 4 is 43.0 Å². The van der Waals surface area contributed by atoms with Gasteiger partial charge in [0.1, 0.15) is 0 Å². The third kappa shape index (κ3) is 7.97. The van der Waals surface area contributed by atoms with Gasteiger partial charge in [-0.25, -0.2) is 0 Å². The van der Waals surface area contributed by atoms with Crippen LogP contribution in [0.15, 0.2) is 0 Å². The quantitative estimate of drug-likeness (QED) is 0.451. The molecule has 2 N–H and O–H groups in total. The Hall–Kier alpha value is -0.890. The maximum absolute atomic E-state index is 12.7. The molecule has 0 aromatic heterocycles. The summed E-state index contributed by atoms with van der Waals surface area (Å²) in [6.45, 7) is 1.70. The maximum atomic E-state index is 12.7. The first kappa shape index (κ1) is 20.2.